The topological polar surface area (TPSA) is 60.9 Å². The highest BCUT2D eigenvalue weighted by Crippen LogP contribution is 2.24. The molecule has 0 aromatic rings. The minimum atomic E-state index is -3.40. The van der Waals surface area contributed by atoms with Crippen LogP contribution in [-0.2, 0) is 14.8 Å². The van der Waals surface area contributed by atoms with E-state index >= 15 is 0 Å². The lowest BCUT2D eigenvalue weighted by molar-refractivity contribution is -0.138. The maximum atomic E-state index is 12.7. The highest BCUT2D eigenvalue weighted by atomic mass is 32.2. The number of amides is 1. The van der Waals surface area contributed by atoms with Crippen molar-refractivity contribution in [3.05, 3.63) is 0 Å². The number of piperazine rings is 1. The van der Waals surface area contributed by atoms with E-state index in [1.165, 1.54) is 4.31 Å². The Morgan fingerprint density at radius 2 is 1.96 bits per heavy atom. The van der Waals surface area contributed by atoms with Crippen molar-refractivity contribution in [1.82, 2.24) is 14.1 Å². The third kappa shape index (κ3) is 4.39. The molecule has 9 heteroatoms. The lowest BCUT2D eigenvalue weighted by Crippen LogP contribution is -2.58. The van der Waals surface area contributed by atoms with Crippen LogP contribution in [0, 0.1) is 0 Å². The van der Waals surface area contributed by atoms with Crippen LogP contribution in [0.1, 0.15) is 26.2 Å². The van der Waals surface area contributed by atoms with E-state index in [9.17, 15) is 22.0 Å². The summed E-state index contributed by atoms with van der Waals surface area (Å²) >= 11 is 0. The van der Waals surface area contributed by atoms with E-state index in [0.29, 0.717) is 45.4 Å². The summed E-state index contributed by atoms with van der Waals surface area (Å²) in [6.45, 7) is 3.17. The first-order valence-corrected chi connectivity index (χ1v) is 9.86. The van der Waals surface area contributed by atoms with Gasteiger partial charge < -0.3 is 4.90 Å². The van der Waals surface area contributed by atoms with Crippen LogP contribution in [0.15, 0.2) is 0 Å². The predicted octanol–water partition coefficient (Wildman–Crippen LogP) is 0.598. The molecule has 0 unspecified atom stereocenters. The van der Waals surface area contributed by atoms with Gasteiger partial charge in [0.1, 0.15) is 6.04 Å². The number of sulfonamides is 1. The molecule has 0 saturated carbocycles. The summed E-state index contributed by atoms with van der Waals surface area (Å²) < 4.78 is 50.1. The Bertz CT molecular complexity index is 529. The summed E-state index contributed by atoms with van der Waals surface area (Å²) in [6, 6.07) is -0.737. The quantitative estimate of drug-likeness (QED) is 0.726. The summed E-state index contributed by atoms with van der Waals surface area (Å²) in [6.07, 6.45) is 0.610. The zero-order chi connectivity index (χ0) is 17.2. The van der Waals surface area contributed by atoms with E-state index < -0.39 is 22.5 Å². The largest absolute Gasteiger partial charge is 0.338 e. The number of nitrogens with zero attached hydrogens (tertiary/aromatic N) is 3. The summed E-state index contributed by atoms with van der Waals surface area (Å²) in [5.74, 6) is -0.192. The summed E-state index contributed by atoms with van der Waals surface area (Å²) in [7, 11) is -3.40. The average molecular weight is 353 g/mol. The van der Waals surface area contributed by atoms with Crippen molar-refractivity contribution in [3.8, 4) is 0 Å². The van der Waals surface area contributed by atoms with Crippen LogP contribution in [0.4, 0.5) is 8.78 Å². The van der Waals surface area contributed by atoms with Crippen molar-refractivity contribution in [2.75, 3.05) is 39.0 Å². The van der Waals surface area contributed by atoms with Crippen LogP contribution < -0.4 is 0 Å². The van der Waals surface area contributed by atoms with Gasteiger partial charge >= 0.3 is 0 Å². The lowest BCUT2D eigenvalue weighted by atomic mass is 10.1. The fourth-order valence-electron chi connectivity index (χ4n) is 3.49. The molecule has 2 atom stereocenters. The van der Waals surface area contributed by atoms with E-state index in [4.69, 9.17) is 0 Å². The number of halogens is 2. The van der Waals surface area contributed by atoms with Gasteiger partial charge in [0.2, 0.25) is 15.9 Å². The van der Waals surface area contributed by atoms with Gasteiger partial charge in [0.15, 0.2) is 0 Å². The highest BCUT2D eigenvalue weighted by Gasteiger charge is 2.40. The Morgan fingerprint density at radius 3 is 2.52 bits per heavy atom. The second-order valence-corrected chi connectivity index (χ2v) is 8.20. The van der Waals surface area contributed by atoms with Crippen LogP contribution in [0.2, 0.25) is 0 Å². The smallest absolute Gasteiger partial charge is 0.251 e. The Hall–Kier alpha value is -0.800. The van der Waals surface area contributed by atoms with E-state index in [-0.39, 0.29) is 18.5 Å². The normalized spacial score (nSPS) is 27.8. The third-order valence-corrected chi connectivity index (χ3v) is 5.96. The molecule has 1 amide bonds. The van der Waals surface area contributed by atoms with E-state index in [2.05, 4.69) is 0 Å². The number of hydrogen-bond acceptors (Lipinski definition) is 4. The highest BCUT2D eigenvalue weighted by molar-refractivity contribution is 7.88. The molecule has 2 rings (SSSR count). The molecule has 2 saturated heterocycles. The van der Waals surface area contributed by atoms with E-state index in [1.54, 1.807) is 9.80 Å². The molecule has 0 aliphatic carbocycles. The number of hydrogen-bond donors (Lipinski definition) is 0. The van der Waals surface area contributed by atoms with E-state index in [1.807, 2.05) is 6.92 Å². The van der Waals surface area contributed by atoms with Crippen LogP contribution in [0.25, 0.3) is 0 Å². The van der Waals surface area contributed by atoms with Crippen molar-refractivity contribution in [3.63, 3.8) is 0 Å². The van der Waals surface area contributed by atoms with Crippen molar-refractivity contribution in [2.45, 2.75) is 44.7 Å². The number of carbonyl (C=O) groups excluding carboxylic acids is 1. The fraction of sp³-hybridized carbons (Fsp3) is 0.929. The molecule has 2 aliphatic heterocycles. The zero-order valence-electron chi connectivity index (χ0n) is 13.6. The minimum absolute atomic E-state index is 0.102. The zero-order valence-corrected chi connectivity index (χ0v) is 14.4. The second-order valence-electron chi connectivity index (χ2n) is 6.26. The Balaban J connectivity index is 2.04. The molecule has 2 heterocycles. The van der Waals surface area contributed by atoms with Gasteiger partial charge in [-0.1, -0.05) is 6.92 Å². The summed E-state index contributed by atoms with van der Waals surface area (Å²) in [5.41, 5.74) is 0. The first-order chi connectivity index (χ1) is 10.7. The predicted molar refractivity (Wildman–Crippen MR) is 82.8 cm³/mol. The van der Waals surface area contributed by atoms with Crippen molar-refractivity contribution in [1.29, 1.82) is 0 Å². The third-order valence-electron chi connectivity index (χ3n) is 4.67. The van der Waals surface area contributed by atoms with Gasteiger partial charge in [-0.25, -0.2) is 17.2 Å². The molecule has 134 valence electrons. The molecular formula is C14H25F2N3O3S. The van der Waals surface area contributed by atoms with Gasteiger partial charge in [0.05, 0.1) is 12.8 Å². The Labute approximate surface area is 136 Å². The lowest BCUT2D eigenvalue weighted by Gasteiger charge is -2.42. The SMILES string of the molecule is CC[C@@H]1CN(C(=O)[C@H]2CCCN2S(C)(=O)=O)CCN1CC(F)F. The monoisotopic (exact) mass is 353 g/mol. The minimum Gasteiger partial charge on any atom is -0.338 e. The fourth-order valence-corrected chi connectivity index (χ4v) is 4.61. The van der Waals surface area contributed by atoms with Crippen LogP contribution in [-0.4, -0.2) is 85.9 Å². The molecule has 6 nitrogen and oxygen atoms in total. The standard InChI is InChI=1S/C14H25F2N3O3S/c1-3-11-9-18(8-7-17(11)10-13(15)16)14(20)12-5-4-6-19(12)23(2,21)22/h11-13H,3-10H2,1-2H3/t11-,12-/m1/s1. The van der Waals surface area contributed by atoms with E-state index in [0.717, 1.165) is 6.26 Å². The average Bonchev–Trinajstić information content (AvgIpc) is 2.96. The maximum Gasteiger partial charge on any atom is 0.251 e. The van der Waals surface area contributed by atoms with Crippen LogP contribution >= 0.6 is 0 Å². The molecular weight excluding hydrogens is 328 g/mol. The van der Waals surface area contributed by atoms with Crippen molar-refractivity contribution < 1.29 is 22.0 Å². The summed E-state index contributed by atoms with van der Waals surface area (Å²) in [5, 5.41) is 0. The molecule has 0 radical (unpaired) electrons. The molecule has 0 bridgehead atoms. The first-order valence-electron chi connectivity index (χ1n) is 8.01. The molecule has 0 N–H and O–H groups in total. The van der Waals surface area contributed by atoms with Gasteiger partial charge in [-0.05, 0) is 19.3 Å². The van der Waals surface area contributed by atoms with Gasteiger partial charge in [-0.2, -0.15) is 4.31 Å². The molecule has 23 heavy (non-hydrogen) atoms. The van der Waals surface area contributed by atoms with Crippen LogP contribution in [0.3, 0.4) is 0 Å². The maximum absolute atomic E-state index is 12.7. The van der Waals surface area contributed by atoms with Crippen LogP contribution in [0.5, 0.6) is 0 Å². The first kappa shape index (κ1) is 18.5. The summed E-state index contributed by atoms with van der Waals surface area (Å²) in [4.78, 5) is 16.1. The molecule has 2 aliphatic rings. The molecule has 0 aromatic carbocycles. The number of alkyl halides is 2. The van der Waals surface area contributed by atoms with Gasteiger partial charge in [-0.15, -0.1) is 0 Å². The molecule has 0 aromatic heterocycles. The molecule has 2 fully saturated rings. The molecule has 0 spiro atoms. The van der Waals surface area contributed by atoms with Crippen molar-refractivity contribution >= 4 is 15.9 Å². The Kier molecular flexibility index (Phi) is 5.96. The number of carbonyl (C=O) groups is 1. The Morgan fingerprint density at radius 1 is 1.26 bits per heavy atom. The number of rotatable bonds is 5. The second kappa shape index (κ2) is 7.40. The van der Waals surface area contributed by atoms with Gasteiger partial charge in [-0.3, -0.25) is 9.69 Å². The van der Waals surface area contributed by atoms with Gasteiger partial charge in [0, 0.05) is 32.2 Å². The van der Waals surface area contributed by atoms with Gasteiger partial charge in [0.25, 0.3) is 6.43 Å². The van der Waals surface area contributed by atoms with Crippen molar-refractivity contribution in [2.24, 2.45) is 0 Å².